The lowest BCUT2D eigenvalue weighted by Gasteiger charge is -2.22. The summed E-state index contributed by atoms with van der Waals surface area (Å²) in [4.78, 5) is 14.4. The highest BCUT2D eigenvalue weighted by Gasteiger charge is 2.18. The Bertz CT molecular complexity index is 452. The number of nitrogens with two attached hydrogens (primary N) is 1. The number of nitrogens with zero attached hydrogens (tertiary/aromatic N) is 1. The van der Waals surface area contributed by atoms with E-state index in [2.05, 4.69) is 12.1 Å². The molecule has 2 N–H and O–H groups in total. The van der Waals surface area contributed by atoms with Crippen LogP contribution in [0.25, 0.3) is 0 Å². The normalized spacial score (nSPS) is 13.3. The summed E-state index contributed by atoms with van der Waals surface area (Å²) in [5.41, 5.74) is 9.07. The van der Waals surface area contributed by atoms with E-state index in [1.54, 1.807) is 7.11 Å². The highest BCUT2D eigenvalue weighted by Crippen LogP contribution is 2.23. The van der Waals surface area contributed by atoms with E-state index in [-0.39, 0.29) is 5.91 Å². The molecule has 0 aromatic heterocycles. The summed E-state index contributed by atoms with van der Waals surface area (Å²) >= 11 is 0. The van der Waals surface area contributed by atoms with Crippen molar-refractivity contribution in [3.8, 4) is 0 Å². The van der Waals surface area contributed by atoms with Gasteiger partial charge in [0, 0.05) is 25.8 Å². The van der Waals surface area contributed by atoms with Crippen LogP contribution in [-0.2, 0) is 17.6 Å². The number of hydrogen-bond acceptors (Lipinski definition) is 3. The summed E-state index contributed by atoms with van der Waals surface area (Å²) in [5.74, 6) is 0.0881. The number of methoxy groups -OCH3 is 1. The molecule has 110 valence electrons. The molecule has 0 spiro atoms. The zero-order valence-corrected chi connectivity index (χ0v) is 12.2. The molecule has 4 heteroatoms. The second-order valence-electron chi connectivity index (χ2n) is 5.26. The van der Waals surface area contributed by atoms with Gasteiger partial charge >= 0.3 is 0 Å². The van der Waals surface area contributed by atoms with Gasteiger partial charge in [-0.25, -0.2) is 0 Å². The van der Waals surface area contributed by atoms with Gasteiger partial charge in [-0.05, 0) is 55.5 Å². The number of ether oxygens (including phenoxy) is 1. The maximum Gasteiger partial charge on any atom is 0.253 e. The minimum atomic E-state index is 0.0881. The van der Waals surface area contributed by atoms with Crippen molar-refractivity contribution in [2.24, 2.45) is 5.73 Å². The molecule has 0 radical (unpaired) electrons. The molecule has 1 aliphatic rings. The zero-order chi connectivity index (χ0) is 14.4. The number of aryl methyl sites for hydroxylation is 2. The Kier molecular flexibility index (Phi) is 5.56. The average molecular weight is 276 g/mol. The van der Waals surface area contributed by atoms with Gasteiger partial charge in [-0.3, -0.25) is 4.79 Å². The van der Waals surface area contributed by atoms with Gasteiger partial charge in [-0.15, -0.1) is 0 Å². The lowest BCUT2D eigenvalue weighted by atomic mass is 10.1. The second kappa shape index (κ2) is 7.41. The van der Waals surface area contributed by atoms with Crippen LogP contribution in [0.3, 0.4) is 0 Å². The number of fused-ring (bicyclic) bond motifs is 1. The molecule has 20 heavy (non-hydrogen) atoms. The molecule has 0 unspecified atom stereocenters. The van der Waals surface area contributed by atoms with Crippen LogP contribution in [0.4, 0.5) is 0 Å². The molecular weight excluding hydrogens is 252 g/mol. The summed E-state index contributed by atoms with van der Waals surface area (Å²) in [6.07, 6.45) is 4.26. The maximum atomic E-state index is 12.6. The molecule has 2 rings (SSSR count). The highest BCUT2D eigenvalue weighted by molar-refractivity contribution is 5.94. The fourth-order valence-corrected chi connectivity index (χ4v) is 2.69. The topological polar surface area (TPSA) is 55.6 Å². The summed E-state index contributed by atoms with van der Waals surface area (Å²) in [6, 6.07) is 6.12. The smallest absolute Gasteiger partial charge is 0.253 e. The maximum absolute atomic E-state index is 12.6. The van der Waals surface area contributed by atoms with E-state index < -0.39 is 0 Å². The van der Waals surface area contributed by atoms with Gasteiger partial charge in [-0.1, -0.05) is 6.07 Å². The van der Waals surface area contributed by atoms with Crippen LogP contribution in [0.15, 0.2) is 18.2 Å². The second-order valence-corrected chi connectivity index (χ2v) is 5.26. The third kappa shape index (κ3) is 3.58. The number of carbonyl (C=O) groups excluding carboxylic acids is 1. The Labute approximate surface area is 120 Å². The molecule has 0 atom stereocenters. The molecule has 1 amide bonds. The molecule has 0 heterocycles. The molecular formula is C16H24N2O2. The molecule has 4 nitrogen and oxygen atoms in total. The minimum Gasteiger partial charge on any atom is -0.383 e. The molecule has 0 fully saturated rings. The average Bonchev–Trinajstić information content (AvgIpc) is 2.94. The number of benzene rings is 1. The molecule has 1 aliphatic carbocycles. The zero-order valence-electron chi connectivity index (χ0n) is 12.2. The first-order valence-electron chi connectivity index (χ1n) is 7.36. The lowest BCUT2D eigenvalue weighted by molar-refractivity contribution is 0.0694. The molecule has 0 saturated heterocycles. The molecule has 1 aromatic carbocycles. The molecule has 0 bridgehead atoms. The Morgan fingerprint density at radius 1 is 1.30 bits per heavy atom. The third-order valence-corrected chi connectivity index (χ3v) is 3.83. The van der Waals surface area contributed by atoms with Crippen molar-refractivity contribution in [1.29, 1.82) is 0 Å². The van der Waals surface area contributed by atoms with E-state index in [0.29, 0.717) is 26.2 Å². The van der Waals surface area contributed by atoms with E-state index in [9.17, 15) is 4.79 Å². The van der Waals surface area contributed by atoms with Crippen LogP contribution in [0, 0.1) is 0 Å². The van der Waals surface area contributed by atoms with Gasteiger partial charge in [0.2, 0.25) is 0 Å². The Hall–Kier alpha value is -1.39. The van der Waals surface area contributed by atoms with E-state index in [0.717, 1.165) is 24.8 Å². The van der Waals surface area contributed by atoms with Crippen LogP contribution >= 0.6 is 0 Å². The first-order valence-corrected chi connectivity index (χ1v) is 7.36. The van der Waals surface area contributed by atoms with Crippen molar-refractivity contribution in [2.75, 3.05) is 33.4 Å². The van der Waals surface area contributed by atoms with Crippen LogP contribution in [0.5, 0.6) is 0 Å². The summed E-state index contributed by atoms with van der Waals surface area (Å²) < 4.78 is 5.09. The van der Waals surface area contributed by atoms with Gasteiger partial charge in [0.1, 0.15) is 0 Å². The largest absolute Gasteiger partial charge is 0.383 e. The minimum absolute atomic E-state index is 0.0881. The fraction of sp³-hybridized carbons (Fsp3) is 0.562. The van der Waals surface area contributed by atoms with Crippen molar-refractivity contribution in [3.63, 3.8) is 0 Å². The van der Waals surface area contributed by atoms with Gasteiger partial charge in [0.25, 0.3) is 5.91 Å². The highest BCUT2D eigenvalue weighted by atomic mass is 16.5. The number of amides is 1. The Balaban J connectivity index is 2.09. The van der Waals surface area contributed by atoms with Crippen LogP contribution in [0.1, 0.15) is 34.3 Å². The van der Waals surface area contributed by atoms with Crippen LogP contribution < -0.4 is 5.73 Å². The van der Waals surface area contributed by atoms with Crippen molar-refractivity contribution in [2.45, 2.75) is 25.7 Å². The molecule has 0 aliphatic heterocycles. The summed E-state index contributed by atoms with van der Waals surface area (Å²) in [6.45, 7) is 2.46. The predicted molar refractivity (Wildman–Crippen MR) is 79.9 cm³/mol. The van der Waals surface area contributed by atoms with E-state index in [4.69, 9.17) is 10.5 Å². The standard InChI is InChI=1S/C16H24N2O2/c1-20-11-10-18(9-3-8-17)16(19)15-7-6-13-4-2-5-14(13)12-15/h6-7,12H,2-5,8-11,17H2,1H3. The van der Waals surface area contributed by atoms with Crippen molar-refractivity contribution in [1.82, 2.24) is 4.90 Å². The Morgan fingerprint density at radius 3 is 2.85 bits per heavy atom. The van der Waals surface area contributed by atoms with Crippen LogP contribution in [0.2, 0.25) is 0 Å². The monoisotopic (exact) mass is 276 g/mol. The molecule has 0 saturated carbocycles. The van der Waals surface area contributed by atoms with Gasteiger partial charge in [0.05, 0.1) is 6.61 Å². The first-order chi connectivity index (χ1) is 9.76. The van der Waals surface area contributed by atoms with Gasteiger partial charge in [0.15, 0.2) is 0 Å². The lowest BCUT2D eigenvalue weighted by Crippen LogP contribution is -2.35. The number of rotatable bonds is 7. The quantitative estimate of drug-likeness (QED) is 0.823. The third-order valence-electron chi connectivity index (χ3n) is 3.83. The number of carbonyl (C=O) groups is 1. The van der Waals surface area contributed by atoms with Crippen molar-refractivity contribution < 1.29 is 9.53 Å². The summed E-state index contributed by atoms with van der Waals surface area (Å²) in [7, 11) is 1.65. The van der Waals surface area contributed by atoms with Crippen LogP contribution in [-0.4, -0.2) is 44.2 Å². The molecule has 1 aromatic rings. The van der Waals surface area contributed by atoms with Gasteiger partial charge in [-0.2, -0.15) is 0 Å². The first kappa shape index (κ1) is 15.0. The number of hydrogen-bond donors (Lipinski definition) is 1. The van der Waals surface area contributed by atoms with Crippen molar-refractivity contribution >= 4 is 5.91 Å². The van der Waals surface area contributed by atoms with Crippen molar-refractivity contribution in [3.05, 3.63) is 34.9 Å². The SMILES string of the molecule is COCCN(CCCN)C(=O)c1ccc2c(c1)CCC2. The van der Waals surface area contributed by atoms with E-state index >= 15 is 0 Å². The Morgan fingerprint density at radius 2 is 2.10 bits per heavy atom. The predicted octanol–water partition coefficient (Wildman–Crippen LogP) is 1.61. The van der Waals surface area contributed by atoms with E-state index in [1.165, 1.54) is 17.5 Å². The summed E-state index contributed by atoms with van der Waals surface area (Å²) in [5, 5.41) is 0. The fourth-order valence-electron chi connectivity index (χ4n) is 2.69. The van der Waals surface area contributed by atoms with E-state index in [1.807, 2.05) is 11.0 Å². The van der Waals surface area contributed by atoms with Gasteiger partial charge < -0.3 is 15.4 Å².